The van der Waals surface area contributed by atoms with Crippen molar-refractivity contribution in [2.75, 3.05) is 0 Å². The van der Waals surface area contributed by atoms with Crippen molar-refractivity contribution in [3.8, 4) is 11.6 Å². The van der Waals surface area contributed by atoms with Crippen LogP contribution in [0.15, 0.2) is 30.3 Å². The van der Waals surface area contributed by atoms with Crippen LogP contribution in [-0.2, 0) is 6.18 Å². The maximum atomic E-state index is 13.1. The van der Waals surface area contributed by atoms with Gasteiger partial charge in [-0.3, -0.25) is 0 Å². The highest BCUT2D eigenvalue weighted by molar-refractivity contribution is 6.30. The molecule has 2 aromatic rings. The lowest BCUT2D eigenvalue weighted by atomic mass is 10.3. The summed E-state index contributed by atoms with van der Waals surface area (Å²) in [5.41, 5.74) is -1.14. The van der Waals surface area contributed by atoms with Crippen molar-refractivity contribution in [1.82, 2.24) is 10.2 Å². The van der Waals surface area contributed by atoms with Gasteiger partial charge in [-0.1, -0.05) is 11.6 Å². The van der Waals surface area contributed by atoms with E-state index in [2.05, 4.69) is 10.2 Å². The summed E-state index contributed by atoms with van der Waals surface area (Å²) < 4.78 is 54.9. The lowest BCUT2D eigenvalue weighted by Crippen LogP contribution is -2.08. The summed E-state index contributed by atoms with van der Waals surface area (Å²) in [5, 5.41) is 6.12. The second kappa shape index (κ2) is 5.00. The first-order valence-corrected chi connectivity index (χ1v) is 5.28. The molecule has 0 radical (unpaired) electrons. The molecule has 0 aliphatic carbocycles. The fraction of sp³-hybridized carbons (Fsp3) is 0.0909. The molecule has 1 aromatic heterocycles. The van der Waals surface area contributed by atoms with Gasteiger partial charge in [-0.05, 0) is 18.2 Å². The molecular formula is C11H5ClF4N2O. The van der Waals surface area contributed by atoms with Crippen molar-refractivity contribution in [1.29, 1.82) is 0 Å². The molecule has 0 N–H and O–H groups in total. The molecule has 1 aromatic carbocycles. The third-order valence-corrected chi connectivity index (χ3v) is 2.35. The molecule has 0 saturated carbocycles. The zero-order valence-electron chi connectivity index (χ0n) is 9.08. The van der Waals surface area contributed by atoms with Gasteiger partial charge in [0.05, 0.1) is 5.02 Å². The zero-order chi connectivity index (χ0) is 14.0. The van der Waals surface area contributed by atoms with E-state index in [0.717, 1.165) is 12.1 Å². The molecule has 0 fully saturated rings. The Labute approximate surface area is 109 Å². The van der Waals surface area contributed by atoms with Crippen LogP contribution in [0.1, 0.15) is 5.69 Å². The van der Waals surface area contributed by atoms with Crippen molar-refractivity contribution < 1.29 is 22.3 Å². The van der Waals surface area contributed by atoms with Gasteiger partial charge in [0.2, 0.25) is 5.88 Å². The average molecular weight is 293 g/mol. The van der Waals surface area contributed by atoms with E-state index < -0.39 is 17.7 Å². The van der Waals surface area contributed by atoms with Crippen LogP contribution in [0.3, 0.4) is 0 Å². The van der Waals surface area contributed by atoms with Crippen LogP contribution in [0.25, 0.3) is 0 Å². The Hall–Kier alpha value is -1.89. The van der Waals surface area contributed by atoms with Crippen LogP contribution in [0.2, 0.25) is 5.02 Å². The third kappa shape index (κ3) is 3.31. The first-order chi connectivity index (χ1) is 8.86. The molecule has 0 atom stereocenters. The van der Waals surface area contributed by atoms with Gasteiger partial charge in [0.15, 0.2) is 5.69 Å². The predicted octanol–water partition coefficient (Wildman–Crippen LogP) is 4.08. The molecule has 19 heavy (non-hydrogen) atoms. The van der Waals surface area contributed by atoms with Gasteiger partial charge in [-0.25, -0.2) is 4.39 Å². The Kier molecular flexibility index (Phi) is 3.57. The minimum Gasteiger partial charge on any atom is -0.437 e. The highest BCUT2D eigenvalue weighted by Gasteiger charge is 2.32. The van der Waals surface area contributed by atoms with Gasteiger partial charge in [0.25, 0.3) is 0 Å². The average Bonchev–Trinajstić information content (AvgIpc) is 2.33. The fourth-order valence-corrected chi connectivity index (χ4v) is 1.30. The number of alkyl halides is 3. The summed E-state index contributed by atoms with van der Waals surface area (Å²) in [6.07, 6.45) is -4.57. The summed E-state index contributed by atoms with van der Waals surface area (Å²) in [4.78, 5) is 0. The largest absolute Gasteiger partial charge is 0.437 e. The van der Waals surface area contributed by atoms with Crippen molar-refractivity contribution >= 4 is 11.6 Å². The molecule has 100 valence electrons. The van der Waals surface area contributed by atoms with Crippen molar-refractivity contribution in [2.45, 2.75) is 6.18 Å². The van der Waals surface area contributed by atoms with E-state index in [0.29, 0.717) is 6.07 Å². The number of halogens is 5. The second-order valence-corrected chi connectivity index (χ2v) is 3.84. The molecule has 0 spiro atoms. The van der Waals surface area contributed by atoms with E-state index in [-0.39, 0.29) is 16.7 Å². The van der Waals surface area contributed by atoms with Gasteiger partial charge in [0, 0.05) is 12.1 Å². The number of benzene rings is 1. The lowest BCUT2D eigenvalue weighted by molar-refractivity contribution is -0.141. The van der Waals surface area contributed by atoms with E-state index in [1.807, 2.05) is 0 Å². The van der Waals surface area contributed by atoms with Gasteiger partial charge in [-0.15, -0.1) is 10.2 Å². The van der Waals surface area contributed by atoms with Crippen molar-refractivity contribution in [3.05, 3.63) is 46.9 Å². The molecule has 0 unspecified atom stereocenters. The third-order valence-electron chi connectivity index (χ3n) is 2.04. The highest BCUT2D eigenvalue weighted by Crippen LogP contribution is 2.28. The van der Waals surface area contributed by atoms with Gasteiger partial charge < -0.3 is 4.74 Å². The number of rotatable bonds is 2. The monoisotopic (exact) mass is 292 g/mol. The number of nitrogens with zero attached hydrogens (tertiary/aromatic N) is 2. The maximum absolute atomic E-state index is 13.1. The normalized spacial score (nSPS) is 11.4. The summed E-state index contributed by atoms with van der Waals surface area (Å²) >= 11 is 5.47. The van der Waals surface area contributed by atoms with Crippen molar-refractivity contribution in [3.63, 3.8) is 0 Å². The van der Waals surface area contributed by atoms with Gasteiger partial charge >= 0.3 is 6.18 Å². The molecule has 3 nitrogen and oxygen atoms in total. The molecule has 0 saturated heterocycles. The Morgan fingerprint density at radius 2 is 1.79 bits per heavy atom. The standard InChI is InChI=1S/C11H5ClF4N2O/c12-7-2-1-6(5-8(7)13)19-10-4-3-9(17-18-10)11(14,15)16/h1-5H. The quantitative estimate of drug-likeness (QED) is 0.782. The maximum Gasteiger partial charge on any atom is 0.435 e. The molecule has 0 aliphatic rings. The number of hydrogen-bond donors (Lipinski definition) is 0. The molecule has 1 heterocycles. The van der Waals surface area contributed by atoms with Crippen LogP contribution >= 0.6 is 11.6 Å². The molecule has 2 rings (SSSR count). The van der Waals surface area contributed by atoms with Crippen LogP contribution < -0.4 is 4.74 Å². The molecular weight excluding hydrogens is 288 g/mol. The predicted molar refractivity (Wildman–Crippen MR) is 58.5 cm³/mol. The highest BCUT2D eigenvalue weighted by atomic mass is 35.5. The molecule has 0 amide bonds. The van der Waals surface area contributed by atoms with Crippen LogP contribution in [0, 0.1) is 5.82 Å². The summed E-state index contributed by atoms with van der Waals surface area (Å²) in [6.45, 7) is 0. The Morgan fingerprint density at radius 3 is 2.32 bits per heavy atom. The minimum atomic E-state index is -4.57. The van der Waals surface area contributed by atoms with Crippen LogP contribution in [0.5, 0.6) is 11.6 Å². The Balaban J connectivity index is 2.17. The number of aromatic nitrogens is 2. The molecule has 0 bridgehead atoms. The van der Waals surface area contributed by atoms with E-state index in [1.165, 1.54) is 12.1 Å². The van der Waals surface area contributed by atoms with E-state index >= 15 is 0 Å². The summed E-state index contributed by atoms with van der Waals surface area (Å²) in [7, 11) is 0. The molecule has 8 heteroatoms. The van der Waals surface area contributed by atoms with E-state index in [4.69, 9.17) is 16.3 Å². The summed E-state index contributed by atoms with van der Waals surface area (Å²) in [6, 6.07) is 5.30. The minimum absolute atomic E-state index is 0.0518. The zero-order valence-corrected chi connectivity index (χ0v) is 9.84. The number of hydrogen-bond acceptors (Lipinski definition) is 3. The fourth-order valence-electron chi connectivity index (χ4n) is 1.19. The van der Waals surface area contributed by atoms with E-state index in [1.54, 1.807) is 0 Å². The first-order valence-electron chi connectivity index (χ1n) is 4.90. The Bertz CT molecular complexity index is 586. The Morgan fingerprint density at radius 1 is 1.05 bits per heavy atom. The SMILES string of the molecule is Fc1cc(Oc2ccc(C(F)(F)F)nn2)ccc1Cl. The van der Waals surface area contributed by atoms with Crippen LogP contribution in [0.4, 0.5) is 17.6 Å². The second-order valence-electron chi connectivity index (χ2n) is 3.43. The number of ether oxygens (including phenoxy) is 1. The van der Waals surface area contributed by atoms with E-state index in [9.17, 15) is 17.6 Å². The molecule has 0 aliphatic heterocycles. The van der Waals surface area contributed by atoms with Gasteiger partial charge in [-0.2, -0.15) is 13.2 Å². The topological polar surface area (TPSA) is 35.0 Å². The van der Waals surface area contributed by atoms with Gasteiger partial charge in [0.1, 0.15) is 11.6 Å². The first kappa shape index (κ1) is 13.5. The van der Waals surface area contributed by atoms with Crippen molar-refractivity contribution in [2.24, 2.45) is 0 Å². The lowest BCUT2D eigenvalue weighted by Gasteiger charge is -2.07. The smallest absolute Gasteiger partial charge is 0.435 e. The van der Waals surface area contributed by atoms with Crippen LogP contribution in [-0.4, -0.2) is 10.2 Å². The summed E-state index contributed by atoms with van der Waals surface area (Å²) in [5.74, 6) is -0.843.